The topological polar surface area (TPSA) is 143 Å². The maximum Gasteiger partial charge on any atom is 0.452 e. The third-order valence-corrected chi connectivity index (χ3v) is 6.72. The lowest BCUT2D eigenvalue weighted by Gasteiger charge is -2.28. The fourth-order valence-corrected chi connectivity index (χ4v) is 4.31. The van der Waals surface area contributed by atoms with E-state index in [2.05, 4.69) is 21.3 Å². The number of benzene rings is 2. The molecular formula is C32H41F3N4O6. The van der Waals surface area contributed by atoms with Gasteiger partial charge in [-0.1, -0.05) is 88.4 Å². The molecule has 4 N–H and O–H groups in total. The van der Waals surface area contributed by atoms with Crippen molar-refractivity contribution in [2.24, 2.45) is 11.8 Å². The van der Waals surface area contributed by atoms with Crippen LogP contribution in [0.2, 0.25) is 0 Å². The Labute approximate surface area is 260 Å². The number of alkyl halides is 3. The van der Waals surface area contributed by atoms with E-state index < -0.39 is 72.3 Å². The first-order valence-corrected chi connectivity index (χ1v) is 14.6. The van der Waals surface area contributed by atoms with Crippen LogP contribution in [0.1, 0.15) is 52.2 Å². The van der Waals surface area contributed by atoms with Gasteiger partial charge in [-0.3, -0.25) is 19.2 Å². The summed E-state index contributed by atoms with van der Waals surface area (Å²) in [5, 5.41) is 9.65. The Morgan fingerprint density at radius 1 is 0.689 bits per heavy atom. The van der Waals surface area contributed by atoms with E-state index in [1.807, 2.05) is 6.07 Å². The number of rotatable bonds is 15. The number of hydrogen-bond donors (Lipinski definition) is 4. The number of hydrogen-bond acceptors (Lipinski definition) is 6. The summed E-state index contributed by atoms with van der Waals surface area (Å²) < 4.78 is 45.4. The lowest BCUT2D eigenvalue weighted by atomic mass is 9.98. The van der Waals surface area contributed by atoms with Crippen LogP contribution in [0.25, 0.3) is 0 Å². The molecule has 4 amide bonds. The molecule has 1 unspecified atom stereocenters. The van der Waals surface area contributed by atoms with Gasteiger partial charge in [-0.2, -0.15) is 13.2 Å². The molecule has 0 heterocycles. The second-order valence-electron chi connectivity index (χ2n) is 11.5. The summed E-state index contributed by atoms with van der Waals surface area (Å²) in [4.78, 5) is 63.9. The number of ether oxygens (including phenoxy) is 1. The Bertz CT molecular complexity index is 1290. The zero-order chi connectivity index (χ0) is 33.7. The summed E-state index contributed by atoms with van der Waals surface area (Å²) in [5.41, 5.74) is 1.15. The molecule has 0 aliphatic carbocycles. The Kier molecular flexibility index (Phi) is 14.0. The van der Waals surface area contributed by atoms with E-state index in [-0.39, 0.29) is 18.9 Å². The van der Waals surface area contributed by atoms with Crippen LogP contribution >= 0.6 is 0 Å². The van der Waals surface area contributed by atoms with Gasteiger partial charge in [-0.05, 0) is 36.3 Å². The van der Waals surface area contributed by atoms with Crippen molar-refractivity contribution in [1.82, 2.24) is 21.3 Å². The number of Topliss-reactive ketones (excluding diaryl/α,β-unsaturated/α-hetero) is 1. The summed E-state index contributed by atoms with van der Waals surface area (Å²) in [6.45, 7) is 8.17. The van der Waals surface area contributed by atoms with Crippen LogP contribution in [0.3, 0.4) is 0 Å². The van der Waals surface area contributed by atoms with E-state index in [1.54, 1.807) is 70.2 Å². The summed E-state index contributed by atoms with van der Waals surface area (Å²) in [6, 6.07) is 11.3. The van der Waals surface area contributed by atoms with E-state index in [4.69, 9.17) is 4.74 Å². The van der Waals surface area contributed by atoms with Gasteiger partial charge in [0.2, 0.25) is 17.7 Å². The maximum absolute atomic E-state index is 13.4. The third kappa shape index (κ3) is 12.6. The average molecular weight is 635 g/mol. The van der Waals surface area contributed by atoms with Crippen molar-refractivity contribution < 1.29 is 41.9 Å². The Morgan fingerprint density at radius 2 is 1.22 bits per heavy atom. The number of halogens is 3. The molecule has 2 aromatic rings. The van der Waals surface area contributed by atoms with Gasteiger partial charge < -0.3 is 26.0 Å². The molecule has 0 saturated heterocycles. The van der Waals surface area contributed by atoms with Crippen LogP contribution in [0.4, 0.5) is 18.0 Å². The van der Waals surface area contributed by atoms with Crippen LogP contribution in [0.15, 0.2) is 60.7 Å². The summed E-state index contributed by atoms with van der Waals surface area (Å²) in [5.74, 6) is -5.22. The molecule has 2 rings (SSSR count). The van der Waals surface area contributed by atoms with E-state index in [0.717, 1.165) is 5.56 Å². The molecule has 0 aliphatic heterocycles. The maximum atomic E-state index is 13.4. The van der Waals surface area contributed by atoms with Crippen LogP contribution in [0.5, 0.6) is 0 Å². The van der Waals surface area contributed by atoms with E-state index in [9.17, 15) is 37.1 Å². The van der Waals surface area contributed by atoms with Gasteiger partial charge in [-0.15, -0.1) is 0 Å². The molecule has 4 atom stereocenters. The monoisotopic (exact) mass is 634 g/mol. The van der Waals surface area contributed by atoms with E-state index in [0.29, 0.717) is 5.56 Å². The summed E-state index contributed by atoms with van der Waals surface area (Å²) in [7, 11) is 0. The first-order chi connectivity index (χ1) is 21.1. The largest absolute Gasteiger partial charge is 0.452 e. The minimum absolute atomic E-state index is 0.0158. The molecule has 0 aromatic heterocycles. The van der Waals surface area contributed by atoms with Crippen molar-refractivity contribution in [3.63, 3.8) is 0 Å². The number of nitrogens with one attached hydrogen (secondary N) is 4. The predicted molar refractivity (Wildman–Crippen MR) is 161 cm³/mol. The highest BCUT2D eigenvalue weighted by atomic mass is 19.4. The molecule has 246 valence electrons. The molecule has 0 spiro atoms. The minimum atomic E-state index is -5.20. The van der Waals surface area contributed by atoms with Gasteiger partial charge in [0.25, 0.3) is 5.78 Å². The second kappa shape index (κ2) is 17.2. The number of amides is 4. The molecule has 0 aliphatic rings. The van der Waals surface area contributed by atoms with Crippen LogP contribution in [-0.2, 0) is 36.9 Å². The second-order valence-corrected chi connectivity index (χ2v) is 11.5. The highest BCUT2D eigenvalue weighted by molar-refractivity contribution is 5.96. The lowest BCUT2D eigenvalue weighted by molar-refractivity contribution is -0.173. The Morgan fingerprint density at radius 3 is 1.73 bits per heavy atom. The van der Waals surface area contributed by atoms with Gasteiger partial charge >= 0.3 is 12.3 Å². The molecular weight excluding hydrogens is 593 g/mol. The zero-order valence-corrected chi connectivity index (χ0v) is 25.9. The third-order valence-electron chi connectivity index (χ3n) is 6.72. The van der Waals surface area contributed by atoms with Gasteiger partial charge in [0.1, 0.15) is 30.8 Å². The number of carbonyl (C=O) groups is 5. The van der Waals surface area contributed by atoms with Crippen molar-refractivity contribution in [2.45, 2.75) is 84.4 Å². The molecule has 45 heavy (non-hydrogen) atoms. The Balaban J connectivity index is 2.10. The molecule has 13 heteroatoms. The van der Waals surface area contributed by atoms with E-state index >= 15 is 0 Å². The minimum Gasteiger partial charge on any atom is -0.445 e. The van der Waals surface area contributed by atoms with Crippen molar-refractivity contribution in [1.29, 1.82) is 0 Å². The zero-order valence-electron chi connectivity index (χ0n) is 25.9. The first-order valence-electron chi connectivity index (χ1n) is 14.6. The number of carbonyl (C=O) groups excluding carboxylic acids is 5. The quantitative estimate of drug-likeness (QED) is 0.235. The van der Waals surface area contributed by atoms with Crippen LogP contribution in [0, 0.1) is 11.8 Å². The van der Waals surface area contributed by atoms with Crippen molar-refractivity contribution in [3.8, 4) is 0 Å². The molecule has 2 aromatic carbocycles. The van der Waals surface area contributed by atoms with Gasteiger partial charge in [0.05, 0.1) is 0 Å². The average Bonchev–Trinajstić information content (AvgIpc) is 2.97. The standard InChI is InChI=1S/C32H41F3N4O6/c1-19(2)16-25(29(42)37-24(27(40)32(33,34)35)17-22-12-8-6-9-13-22)38-30(43)26(20(3)4)39-28(41)21(5)36-31(44)45-18-23-14-10-7-11-15-23/h6-15,19-21,24-26H,16-18H2,1-5H3,(H,36,44)(H,37,42)(H,38,43)(H,39,41)/t21-,24?,25-,26-/m0/s1. The number of alkyl carbamates (subject to hydrolysis) is 1. The molecule has 0 fully saturated rings. The lowest BCUT2D eigenvalue weighted by Crippen LogP contribution is -2.59. The normalized spacial score (nSPS) is 14.1. The number of ketones is 1. The highest BCUT2D eigenvalue weighted by Gasteiger charge is 2.44. The molecule has 0 bridgehead atoms. The van der Waals surface area contributed by atoms with Crippen molar-refractivity contribution in [3.05, 3.63) is 71.8 Å². The van der Waals surface area contributed by atoms with Gasteiger partial charge in [0, 0.05) is 6.42 Å². The summed E-state index contributed by atoms with van der Waals surface area (Å²) in [6.07, 6.45) is -6.41. The molecule has 10 nitrogen and oxygen atoms in total. The Hall–Kier alpha value is -4.42. The van der Waals surface area contributed by atoms with Crippen molar-refractivity contribution in [2.75, 3.05) is 0 Å². The smallest absolute Gasteiger partial charge is 0.445 e. The van der Waals surface area contributed by atoms with Crippen LogP contribution < -0.4 is 21.3 Å². The van der Waals surface area contributed by atoms with E-state index in [1.165, 1.54) is 19.1 Å². The van der Waals surface area contributed by atoms with Gasteiger partial charge in [-0.25, -0.2) is 4.79 Å². The SMILES string of the molecule is CC(C)C[C@H](NC(=O)[C@@H](NC(=O)[C@H](C)NC(=O)OCc1ccccc1)C(C)C)C(=O)NC(Cc1ccccc1)C(=O)C(F)(F)F. The molecule has 0 radical (unpaired) electrons. The fourth-order valence-electron chi connectivity index (χ4n) is 4.31. The fraction of sp³-hybridized carbons (Fsp3) is 0.469. The van der Waals surface area contributed by atoms with Crippen LogP contribution in [-0.4, -0.2) is 59.9 Å². The summed E-state index contributed by atoms with van der Waals surface area (Å²) >= 11 is 0. The first kappa shape index (κ1) is 36.8. The van der Waals surface area contributed by atoms with Crippen molar-refractivity contribution >= 4 is 29.6 Å². The van der Waals surface area contributed by atoms with Gasteiger partial charge in [0.15, 0.2) is 0 Å². The highest BCUT2D eigenvalue weighted by Crippen LogP contribution is 2.20. The predicted octanol–water partition coefficient (Wildman–Crippen LogP) is 3.83. The molecule has 0 saturated carbocycles.